The average Bonchev–Trinajstić information content (AvgIpc) is 2.58. The van der Waals surface area contributed by atoms with Gasteiger partial charge in [-0.3, -0.25) is 0 Å². The van der Waals surface area contributed by atoms with E-state index in [-0.39, 0.29) is 6.61 Å². The fraction of sp³-hybridized carbons (Fsp3) is 0.100. The van der Waals surface area contributed by atoms with Crippen LogP contribution in [0.5, 0.6) is 0 Å². The van der Waals surface area contributed by atoms with Gasteiger partial charge in [0.15, 0.2) is 0 Å². The molecule has 0 aliphatic rings. The van der Waals surface area contributed by atoms with Crippen LogP contribution in [0.4, 0.5) is 0 Å². The summed E-state index contributed by atoms with van der Waals surface area (Å²) in [6.07, 6.45) is 0. The highest BCUT2D eigenvalue weighted by Crippen LogP contribution is 2.25. The minimum absolute atomic E-state index is 0.0513. The van der Waals surface area contributed by atoms with E-state index in [0.717, 1.165) is 15.6 Å². The molecule has 0 fully saturated rings. The summed E-state index contributed by atoms with van der Waals surface area (Å²) in [4.78, 5) is 0.713. The lowest BCUT2D eigenvalue weighted by Gasteiger charge is -1.93. The second kappa shape index (κ2) is 3.17. The molecule has 1 N–H and O–H groups in total. The number of nitriles is 1. The molecule has 0 atom stereocenters. The van der Waals surface area contributed by atoms with Gasteiger partial charge in [0.05, 0.1) is 6.61 Å². The summed E-state index contributed by atoms with van der Waals surface area (Å²) >= 11 is 1.45. The molecule has 0 spiro atoms. The summed E-state index contributed by atoms with van der Waals surface area (Å²) in [5, 5.41) is 18.6. The Morgan fingerprint density at radius 1 is 1.38 bits per heavy atom. The highest BCUT2D eigenvalue weighted by molar-refractivity contribution is 7.19. The standard InChI is InChI=1S/C10H7NOS/c11-5-9-4-8-2-1-7(6-12)3-10(8)13-9/h1-4,12H,6H2. The van der Waals surface area contributed by atoms with Gasteiger partial charge in [-0.1, -0.05) is 12.1 Å². The van der Waals surface area contributed by atoms with E-state index in [1.807, 2.05) is 24.3 Å². The summed E-state index contributed by atoms with van der Waals surface area (Å²) in [6.45, 7) is 0.0513. The van der Waals surface area contributed by atoms with Crippen LogP contribution in [-0.4, -0.2) is 5.11 Å². The van der Waals surface area contributed by atoms with E-state index in [4.69, 9.17) is 10.4 Å². The van der Waals surface area contributed by atoms with E-state index in [2.05, 4.69) is 6.07 Å². The molecule has 2 nitrogen and oxygen atoms in total. The maximum Gasteiger partial charge on any atom is 0.110 e. The van der Waals surface area contributed by atoms with Crippen molar-refractivity contribution < 1.29 is 5.11 Å². The number of aliphatic hydroxyl groups excluding tert-OH is 1. The van der Waals surface area contributed by atoms with Crippen molar-refractivity contribution in [2.24, 2.45) is 0 Å². The monoisotopic (exact) mass is 189 g/mol. The van der Waals surface area contributed by atoms with Crippen molar-refractivity contribution in [3.05, 3.63) is 34.7 Å². The molecule has 1 aromatic carbocycles. The number of rotatable bonds is 1. The first-order chi connectivity index (χ1) is 6.33. The topological polar surface area (TPSA) is 44.0 Å². The third-order valence-corrected chi connectivity index (χ3v) is 2.88. The largest absolute Gasteiger partial charge is 0.392 e. The molecule has 0 bridgehead atoms. The van der Waals surface area contributed by atoms with E-state index >= 15 is 0 Å². The van der Waals surface area contributed by atoms with Crippen LogP contribution in [0.2, 0.25) is 0 Å². The lowest BCUT2D eigenvalue weighted by atomic mass is 10.2. The molecule has 3 heteroatoms. The van der Waals surface area contributed by atoms with Crippen molar-refractivity contribution in [1.29, 1.82) is 5.26 Å². The lowest BCUT2D eigenvalue weighted by molar-refractivity contribution is 0.282. The molecule has 2 aromatic rings. The molecule has 0 saturated carbocycles. The first-order valence-electron chi connectivity index (χ1n) is 3.87. The smallest absolute Gasteiger partial charge is 0.110 e. The van der Waals surface area contributed by atoms with E-state index < -0.39 is 0 Å². The van der Waals surface area contributed by atoms with E-state index in [0.29, 0.717) is 4.88 Å². The van der Waals surface area contributed by atoms with Gasteiger partial charge in [0.1, 0.15) is 10.9 Å². The molecular weight excluding hydrogens is 182 g/mol. The molecule has 0 unspecified atom stereocenters. The fourth-order valence-electron chi connectivity index (χ4n) is 1.23. The van der Waals surface area contributed by atoms with E-state index in [1.54, 1.807) is 0 Å². The Balaban J connectivity index is 2.65. The third-order valence-electron chi connectivity index (χ3n) is 1.88. The molecular formula is C10H7NOS. The molecule has 0 amide bonds. The van der Waals surface area contributed by atoms with E-state index in [9.17, 15) is 0 Å². The van der Waals surface area contributed by atoms with Crippen LogP contribution >= 0.6 is 11.3 Å². The summed E-state index contributed by atoms with van der Waals surface area (Å²) in [5.74, 6) is 0. The molecule has 1 heterocycles. The maximum absolute atomic E-state index is 8.90. The SMILES string of the molecule is N#Cc1cc2ccc(CO)cc2s1. The van der Waals surface area contributed by atoms with Gasteiger partial charge < -0.3 is 5.11 Å². The van der Waals surface area contributed by atoms with Crippen molar-refractivity contribution in [2.45, 2.75) is 6.61 Å². The predicted octanol–water partition coefficient (Wildman–Crippen LogP) is 2.27. The number of nitrogens with zero attached hydrogens (tertiary/aromatic N) is 1. The summed E-state index contributed by atoms with van der Waals surface area (Å²) in [5.41, 5.74) is 0.888. The molecule has 0 saturated heterocycles. The Morgan fingerprint density at radius 2 is 2.23 bits per heavy atom. The van der Waals surface area contributed by atoms with Gasteiger partial charge in [-0.15, -0.1) is 11.3 Å². The molecule has 2 rings (SSSR count). The minimum Gasteiger partial charge on any atom is -0.392 e. The Morgan fingerprint density at radius 3 is 2.92 bits per heavy atom. The highest BCUT2D eigenvalue weighted by Gasteiger charge is 2.01. The molecule has 0 aliphatic carbocycles. The maximum atomic E-state index is 8.90. The first-order valence-corrected chi connectivity index (χ1v) is 4.68. The van der Waals surface area contributed by atoms with Gasteiger partial charge in [0.25, 0.3) is 0 Å². The van der Waals surface area contributed by atoms with Crippen molar-refractivity contribution in [3.63, 3.8) is 0 Å². The number of hydrogen-bond acceptors (Lipinski definition) is 3. The summed E-state index contributed by atoms with van der Waals surface area (Å²) < 4.78 is 1.06. The van der Waals surface area contributed by atoms with Crippen LogP contribution in [0.3, 0.4) is 0 Å². The van der Waals surface area contributed by atoms with Crippen LogP contribution in [0, 0.1) is 11.3 Å². The lowest BCUT2D eigenvalue weighted by Crippen LogP contribution is -1.79. The average molecular weight is 189 g/mol. The zero-order chi connectivity index (χ0) is 9.26. The quantitative estimate of drug-likeness (QED) is 0.747. The zero-order valence-corrected chi connectivity index (χ0v) is 7.64. The number of benzene rings is 1. The van der Waals surface area contributed by atoms with Crippen LogP contribution < -0.4 is 0 Å². The Kier molecular flexibility index (Phi) is 2.01. The normalized spacial score (nSPS) is 10.2. The predicted molar refractivity (Wildman–Crippen MR) is 52.5 cm³/mol. The van der Waals surface area contributed by atoms with Crippen molar-refractivity contribution in [1.82, 2.24) is 0 Å². The van der Waals surface area contributed by atoms with Crippen LogP contribution in [0.25, 0.3) is 10.1 Å². The van der Waals surface area contributed by atoms with Gasteiger partial charge >= 0.3 is 0 Å². The highest BCUT2D eigenvalue weighted by atomic mass is 32.1. The minimum atomic E-state index is 0.0513. The van der Waals surface area contributed by atoms with Gasteiger partial charge in [-0.2, -0.15) is 5.26 Å². The second-order valence-corrected chi connectivity index (χ2v) is 3.84. The number of fused-ring (bicyclic) bond motifs is 1. The molecule has 1 aromatic heterocycles. The van der Waals surface area contributed by atoms with Crippen molar-refractivity contribution in [2.75, 3.05) is 0 Å². The van der Waals surface area contributed by atoms with Crippen LogP contribution in [0.1, 0.15) is 10.4 Å². The van der Waals surface area contributed by atoms with Crippen molar-refractivity contribution in [3.8, 4) is 6.07 Å². The second-order valence-electron chi connectivity index (χ2n) is 2.75. The third kappa shape index (κ3) is 1.42. The van der Waals surface area contributed by atoms with Gasteiger partial charge in [-0.25, -0.2) is 0 Å². The van der Waals surface area contributed by atoms with Crippen LogP contribution in [-0.2, 0) is 6.61 Å². The Hall–Kier alpha value is -1.37. The first kappa shape index (κ1) is 8.24. The Bertz CT molecular complexity index is 481. The van der Waals surface area contributed by atoms with Gasteiger partial charge in [-0.05, 0) is 23.1 Å². The number of aliphatic hydroxyl groups is 1. The molecule has 13 heavy (non-hydrogen) atoms. The molecule has 0 radical (unpaired) electrons. The number of thiophene rings is 1. The fourth-order valence-corrected chi connectivity index (χ4v) is 2.15. The van der Waals surface area contributed by atoms with Gasteiger partial charge in [0.2, 0.25) is 0 Å². The molecule has 64 valence electrons. The van der Waals surface area contributed by atoms with E-state index in [1.165, 1.54) is 11.3 Å². The zero-order valence-electron chi connectivity index (χ0n) is 6.82. The summed E-state index contributed by atoms with van der Waals surface area (Å²) in [6, 6.07) is 9.69. The van der Waals surface area contributed by atoms with Gasteiger partial charge in [0, 0.05) is 4.70 Å². The molecule has 0 aliphatic heterocycles. The summed E-state index contributed by atoms with van der Waals surface area (Å²) in [7, 11) is 0. The number of hydrogen-bond donors (Lipinski definition) is 1. The Labute approximate surface area is 79.7 Å². The van der Waals surface area contributed by atoms with Crippen molar-refractivity contribution >= 4 is 21.4 Å². The van der Waals surface area contributed by atoms with Crippen LogP contribution in [0.15, 0.2) is 24.3 Å².